The van der Waals surface area contributed by atoms with E-state index in [-0.39, 0.29) is 11.6 Å². The van der Waals surface area contributed by atoms with Crippen LogP contribution in [0.3, 0.4) is 0 Å². The molecule has 3 aliphatic rings. The molecule has 0 amide bonds. The molecule has 5 atom stereocenters. The van der Waals surface area contributed by atoms with Crippen LogP contribution in [0.25, 0.3) is 38.6 Å². The van der Waals surface area contributed by atoms with Crippen molar-refractivity contribution in [3.8, 4) is 17.0 Å². The second-order valence-corrected chi connectivity index (χ2v) is 18.7. The minimum atomic E-state index is -1.15. The summed E-state index contributed by atoms with van der Waals surface area (Å²) in [6.07, 6.45) is 8.87. The number of anilines is 1. The average Bonchev–Trinajstić information content (AvgIpc) is 3.59. The molecule has 1 saturated carbocycles. The van der Waals surface area contributed by atoms with Crippen molar-refractivity contribution in [1.82, 2.24) is 19.7 Å². The Labute approximate surface area is 254 Å². The van der Waals surface area contributed by atoms with Crippen molar-refractivity contribution in [2.24, 2.45) is 11.8 Å². The van der Waals surface area contributed by atoms with Crippen LogP contribution >= 0.6 is 19.8 Å². The molecule has 5 unspecified atom stereocenters. The van der Waals surface area contributed by atoms with Gasteiger partial charge in [0.05, 0.1) is 0 Å². The summed E-state index contributed by atoms with van der Waals surface area (Å²) in [5.74, 6) is 1.62. The topological polar surface area (TPSA) is 120 Å². The first-order valence-electron chi connectivity index (χ1n) is 14.6. The van der Waals surface area contributed by atoms with Gasteiger partial charge in [0.1, 0.15) is 0 Å². The molecule has 10 heteroatoms. The minimum absolute atomic E-state index is 0.180. The zero-order valence-electron chi connectivity index (χ0n) is 23.8. The van der Waals surface area contributed by atoms with Gasteiger partial charge in [-0.15, -0.1) is 0 Å². The van der Waals surface area contributed by atoms with Crippen LogP contribution in [0.5, 0.6) is 5.75 Å². The van der Waals surface area contributed by atoms with Crippen molar-refractivity contribution >= 4 is 53.0 Å². The van der Waals surface area contributed by atoms with Crippen LogP contribution in [0.4, 0.5) is 10.2 Å². The third-order valence-corrected chi connectivity index (χ3v) is 16.6. The number of halogens is 2. The third-order valence-electron chi connectivity index (χ3n) is 9.51. The van der Waals surface area contributed by atoms with Crippen LogP contribution in [0.1, 0.15) is 50.0 Å². The molecule has 220 valence electrons. The molecule has 5 aromatic rings. The second-order valence-electron chi connectivity index (χ2n) is 12.1. The predicted octanol–water partition coefficient (Wildman–Crippen LogP) is 6.73. The van der Waals surface area contributed by atoms with Gasteiger partial charge in [0.25, 0.3) is 0 Å². The van der Waals surface area contributed by atoms with Crippen molar-refractivity contribution in [2.75, 3.05) is 10.7 Å². The number of nitrogens with two attached hydrogens (primary N) is 1. The Morgan fingerprint density at radius 3 is 2.72 bits per heavy atom. The maximum absolute atomic E-state index is 14.4. The number of benzene rings is 2. The van der Waals surface area contributed by atoms with E-state index in [1.807, 2.05) is 31.2 Å². The molecule has 2 bridgehead atoms. The zero-order valence-corrected chi connectivity index (χ0v) is 26.0. The monoisotopic (exact) mass is 691 g/mol. The van der Waals surface area contributed by atoms with E-state index < -0.39 is 37.3 Å². The molecule has 3 aromatic heterocycles. The Morgan fingerprint density at radius 2 is 1.91 bits per heavy atom. The average molecular weight is 692 g/mol. The molecule has 5 heterocycles. The molecule has 3 N–H and O–H groups in total. The zero-order chi connectivity index (χ0) is 29.6. The van der Waals surface area contributed by atoms with Gasteiger partial charge >= 0.3 is 240 Å². The number of phenols is 1. The van der Waals surface area contributed by atoms with Crippen molar-refractivity contribution < 1.29 is 13.9 Å². The van der Waals surface area contributed by atoms with Crippen molar-refractivity contribution in [3.05, 3.63) is 82.4 Å². The van der Waals surface area contributed by atoms with E-state index in [0.717, 1.165) is 39.2 Å². The van der Waals surface area contributed by atoms with Crippen LogP contribution in [-0.4, -0.2) is 37.6 Å². The second kappa shape index (κ2) is 9.87. The first-order valence-corrected chi connectivity index (χ1v) is 19.2. The van der Waals surface area contributed by atoms with Gasteiger partial charge in [-0.05, 0) is 0 Å². The molecule has 0 radical (unpaired) electrons. The Balaban J connectivity index is 1.35. The van der Waals surface area contributed by atoms with Crippen molar-refractivity contribution in [2.45, 2.75) is 46.5 Å². The Kier molecular flexibility index (Phi) is 6.15. The summed E-state index contributed by atoms with van der Waals surface area (Å²) in [5, 5.41) is 16.9. The molecule has 0 spiro atoms. The van der Waals surface area contributed by atoms with E-state index in [4.69, 9.17) is 15.2 Å². The van der Waals surface area contributed by atoms with Gasteiger partial charge in [-0.1, -0.05) is 0 Å². The van der Waals surface area contributed by atoms with Gasteiger partial charge in [0.2, 0.25) is 0 Å². The van der Waals surface area contributed by atoms with E-state index in [2.05, 4.69) is 21.0 Å². The van der Waals surface area contributed by atoms with Gasteiger partial charge in [-0.25, -0.2) is 4.39 Å². The van der Waals surface area contributed by atoms with Crippen molar-refractivity contribution in [1.29, 1.82) is 0 Å². The fourth-order valence-electron chi connectivity index (χ4n) is 7.23. The van der Waals surface area contributed by atoms with E-state index in [9.17, 15) is 14.3 Å². The fraction of sp³-hybridized carbons (Fsp3) is 0.333. The number of phenolic OH excluding ortho intramolecular Hbond substituents is 1. The van der Waals surface area contributed by atoms with Crippen LogP contribution < -0.4 is 11.4 Å². The maximum atomic E-state index is 14.4. The number of fused-ring (bicyclic) bond motifs is 5. The summed E-state index contributed by atoms with van der Waals surface area (Å²) in [7, 11) is 0. The molecule has 43 heavy (non-hydrogen) atoms. The number of nitrogens with zero attached hydrogens (tertiary/aromatic N) is 4. The summed E-state index contributed by atoms with van der Waals surface area (Å²) < 4.78 is 23.6. The fourth-order valence-corrected chi connectivity index (χ4v) is 13.6. The van der Waals surface area contributed by atoms with Crippen LogP contribution in [-0.2, 0) is 0 Å². The van der Waals surface area contributed by atoms with Gasteiger partial charge < -0.3 is 5.11 Å². The molecule has 8 nitrogen and oxygen atoms in total. The van der Waals surface area contributed by atoms with Crippen LogP contribution in [0.2, 0.25) is 0 Å². The quantitative estimate of drug-likeness (QED) is 0.159. The number of aromatic hydroxyl groups is 1. The number of rotatable bonds is 4. The van der Waals surface area contributed by atoms with Crippen molar-refractivity contribution in [3.63, 3.8) is 0 Å². The molecular formula is C33H31FIN5O3. The number of hydrogen-bond acceptors (Lipinski definition) is 7. The number of nitrogen functional groups attached to an aromatic ring is 1. The molecule has 2 fully saturated rings. The number of alkyl halides is 3. The number of allylic oxidation sites excluding steroid dienone is 2. The normalized spacial score (nSPS) is 24.4. The summed E-state index contributed by atoms with van der Waals surface area (Å²) >= 11 is -1.15. The van der Waals surface area contributed by atoms with Crippen LogP contribution in [0.15, 0.2) is 64.1 Å². The first-order chi connectivity index (χ1) is 20.8. The summed E-state index contributed by atoms with van der Waals surface area (Å²) in [6, 6.07) is 10.9. The van der Waals surface area contributed by atoms with E-state index in [1.165, 1.54) is 43.3 Å². The molecular weight excluding hydrogens is 660 g/mol. The van der Waals surface area contributed by atoms with E-state index in [0.29, 0.717) is 37.4 Å². The molecule has 1 saturated heterocycles. The summed E-state index contributed by atoms with van der Waals surface area (Å²) in [5.41, 5.74) is 9.25. The predicted molar refractivity (Wildman–Crippen MR) is 174 cm³/mol. The molecule has 1 aliphatic carbocycles. The Bertz CT molecular complexity index is 2020. The molecule has 8 rings (SSSR count). The first kappa shape index (κ1) is 26.8. The Hall–Kier alpha value is -3.80. The van der Waals surface area contributed by atoms with Gasteiger partial charge in [0.15, 0.2) is 0 Å². The van der Waals surface area contributed by atoms with Gasteiger partial charge in [-0.2, -0.15) is 0 Å². The summed E-state index contributed by atoms with van der Waals surface area (Å²) in [6.45, 7) is 1.93. The Morgan fingerprint density at radius 1 is 1.12 bits per heavy atom. The number of aromatic nitrogens is 4. The van der Waals surface area contributed by atoms with E-state index in [1.54, 1.807) is 4.68 Å². The van der Waals surface area contributed by atoms with Crippen LogP contribution in [0, 0.1) is 17.7 Å². The molecule has 2 aromatic carbocycles. The van der Waals surface area contributed by atoms with Gasteiger partial charge in [-0.3, -0.25) is 0 Å². The standard InChI is InChI=1S/C33H31FIN5O3/c1-16(40-32-28(31(36)37-15-38-32)29(39-40)20-8-21(34)14-24(41)13-20)30-27(25-5-3-4-6-26(25)33(42)43-30)19-11-22-9-17-7-18(17)10-23(12-19)35(22)2/h3-6,8,11,13-18,22-23,41H,7,9-10,12H2,1-2H3,(H2,36,37,38). The van der Waals surface area contributed by atoms with Gasteiger partial charge in [0, 0.05) is 6.07 Å². The SMILES string of the molecule is CC(c1oc(=O)c2ccccc2c1C1=CC2CC3CC3CC(C1)I2C)n1nc(-c2cc(O)cc(F)c2)c2c(N)ncnc21. The summed E-state index contributed by atoms with van der Waals surface area (Å²) in [4.78, 5) is 24.6. The molecule has 2 aliphatic heterocycles. The number of hydrogen-bond donors (Lipinski definition) is 2. The van der Waals surface area contributed by atoms with E-state index >= 15 is 0 Å². The third kappa shape index (κ3) is 4.36.